The number of ether oxygens (including phenoxy) is 2. The van der Waals surface area contributed by atoms with E-state index in [9.17, 15) is 10.1 Å². The van der Waals surface area contributed by atoms with Crippen LogP contribution in [0.3, 0.4) is 0 Å². The highest BCUT2D eigenvalue weighted by Crippen LogP contribution is 2.30. The van der Waals surface area contributed by atoms with Crippen molar-refractivity contribution >= 4 is 10.9 Å². The average Bonchev–Trinajstić information content (AvgIpc) is 2.72. The minimum absolute atomic E-state index is 0.105. The first-order valence-corrected chi connectivity index (χ1v) is 8.96. The van der Waals surface area contributed by atoms with Crippen molar-refractivity contribution in [2.24, 2.45) is 0 Å². The fourth-order valence-electron chi connectivity index (χ4n) is 3.11. The molecule has 0 saturated carbocycles. The van der Waals surface area contributed by atoms with Crippen molar-refractivity contribution in [3.05, 3.63) is 57.6 Å². The summed E-state index contributed by atoms with van der Waals surface area (Å²) in [4.78, 5) is 23.7. The number of methoxy groups -OCH3 is 2. The predicted molar refractivity (Wildman–Crippen MR) is 106 cm³/mol. The van der Waals surface area contributed by atoms with E-state index in [4.69, 9.17) is 9.47 Å². The maximum Gasteiger partial charge on any atom is 0.251 e. The number of aromatic amines is 1. The number of aryl methyl sites for hydroxylation is 1. The molecule has 1 N–H and O–H groups in total. The quantitative estimate of drug-likeness (QED) is 0.708. The molecule has 0 bridgehead atoms. The number of fused-ring (bicyclic) bond motifs is 1. The van der Waals surface area contributed by atoms with E-state index in [0.717, 1.165) is 16.5 Å². The van der Waals surface area contributed by atoms with Crippen molar-refractivity contribution in [1.82, 2.24) is 15.0 Å². The third-order valence-corrected chi connectivity index (χ3v) is 4.84. The van der Waals surface area contributed by atoms with Gasteiger partial charge in [0.05, 0.1) is 31.8 Å². The lowest BCUT2D eigenvalue weighted by molar-refractivity contribution is 0.366. The second kappa shape index (κ2) is 7.69. The van der Waals surface area contributed by atoms with Crippen LogP contribution in [-0.2, 0) is 18.3 Å². The van der Waals surface area contributed by atoms with Crippen LogP contribution in [0.25, 0.3) is 10.9 Å². The Hall–Kier alpha value is -3.40. The van der Waals surface area contributed by atoms with Crippen molar-refractivity contribution in [2.75, 3.05) is 14.2 Å². The van der Waals surface area contributed by atoms with Crippen LogP contribution < -0.4 is 15.0 Å². The smallest absolute Gasteiger partial charge is 0.251 e. The number of H-pyrrole nitrogens is 1. The van der Waals surface area contributed by atoms with E-state index in [0.29, 0.717) is 29.5 Å². The molecule has 1 aromatic carbocycles. The zero-order valence-electron chi connectivity index (χ0n) is 16.4. The van der Waals surface area contributed by atoms with Crippen LogP contribution in [0, 0.1) is 11.3 Å². The van der Waals surface area contributed by atoms with Gasteiger partial charge in [0.2, 0.25) is 11.8 Å². The molecule has 0 saturated heterocycles. The molecule has 0 fully saturated rings. The van der Waals surface area contributed by atoms with E-state index >= 15 is 0 Å². The molecular formula is C21H22N4O3. The van der Waals surface area contributed by atoms with Gasteiger partial charge in [-0.05, 0) is 36.4 Å². The Kier molecular flexibility index (Phi) is 5.32. The lowest BCUT2D eigenvalue weighted by Gasteiger charge is -2.22. The molecule has 0 unspecified atom stereocenters. The van der Waals surface area contributed by atoms with E-state index < -0.39 is 5.41 Å². The van der Waals surface area contributed by atoms with Gasteiger partial charge in [-0.15, -0.1) is 0 Å². The predicted octanol–water partition coefficient (Wildman–Crippen LogP) is 2.92. The van der Waals surface area contributed by atoms with Crippen LogP contribution in [-0.4, -0.2) is 29.2 Å². The van der Waals surface area contributed by atoms with Crippen LogP contribution in [0.2, 0.25) is 0 Å². The first kappa shape index (κ1) is 19.4. The number of pyridine rings is 1. The molecule has 0 radical (unpaired) electrons. The lowest BCUT2D eigenvalue weighted by atomic mass is 9.80. The Labute approximate surface area is 163 Å². The molecule has 3 aromatic rings. The Morgan fingerprint density at radius 2 is 1.82 bits per heavy atom. The largest absolute Gasteiger partial charge is 0.481 e. The van der Waals surface area contributed by atoms with Crippen molar-refractivity contribution < 1.29 is 9.47 Å². The molecule has 1 atom stereocenters. The van der Waals surface area contributed by atoms with E-state index in [1.54, 1.807) is 6.07 Å². The van der Waals surface area contributed by atoms with E-state index in [-0.39, 0.29) is 12.0 Å². The van der Waals surface area contributed by atoms with E-state index in [1.807, 2.05) is 38.1 Å². The second-order valence-electron chi connectivity index (χ2n) is 6.77. The minimum atomic E-state index is -0.897. The van der Waals surface area contributed by atoms with Crippen LogP contribution >= 0.6 is 0 Å². The molecule has 0 amide bonds. The summed E-state index contributed by atoms with van der Waals surface area (Å²) in [5.41, 5.74) is 1.20. The molecule has 7 nitrogen and oxygen atoms in total. The Bertz CT molecular complexity index is 1090. The third kappa shape index (κ3) is 3.67. The Balaban J connectivity index is 2.04. The molecule has 7 heteroatoms. The normalized spacial score (nSPS) is 13.0. The number of aromatic nitrogens is 3. The molecule has 28 heavy (non-hydrogen) atoms. The van der Waals surface area contributed by atoms with Crippen LogP contribution in [0.4, 0.5) is 0 Å². The fraction of sp³-hybridized carbons (Fsp3) is 0.333. The van der Waals surface area contributed by atoms with Crippen LogP contribution in [0.15, 0.2) is 35.1 Å². The van der Waals surface area contributed by atoms with Gasteiger partial charge in [0.15, 0.2) is 0 Å². The first-order valence-electron chi connectivity index (χ1n) is 8.96. The summed E-state index contributed by atoms with van der Waals surface area (Å²) in [6.45, 7) is 3.77. The summed E-state index contributed by atoms with van der Waals surface area (Å²) in [6, 6.07) is 11.5. The van der Waals surface area contributed by atoms with Crippen molar-refractivity contribution in [2.45, 2.75) is 32.1 Å². The number of nitrogens with zero attached hydrogens (tertiary/aromatic N) is 3. The van der Waals surface area contributed by atoms with E-state index in [2.05, 4.69) is 21.0 Å². The summed E-state index contributed by atoms with van der Waals surface area (Å²) in [6.07, 6.45) is 0.928. The van der Waals surface area contributed by atoms with Gasteiger partial charge >= 0.3 is 0 Å². The highest BCUT2D eigenvalue weighted by atomic mass is 16.5. The van der Waals surface area contributed by atoms with Gasteiger partial charge in [-0.2, -0.15) is 15.2 Å². The third-order valence-electron chi connectivity index (χ3n) is 4.84. The molecule has 0 spiro atoms. The standard InChI is InChI=1S/C21H22N4O3/c1-5-13-8-14-6-7-15(9-16(14)23-20(13)26)21(2,12-22)11-17-24-18(27-3)10-19(25-17)28-4/h6-10H,5,11H2,1-4H3,(H,23,26)/t21-/m1/s1. The van der Waals surface area contributed by atoms with Gasteiger partial charge in [0.25, 0.3) is 5.56 Å². The Morgan fingerprint density at radius 1 is 1.14 bits per heavy atom. The van der Waals surface area contributed by atoms with Gasteiger partial charge in [0, 0.05) is 17.5 Å². The number of rotatable bonds is 6. The molecule has 2 aromatic heterocycles. The van der Waals surface area contributed by atoms with Crippen LogP contribution in [0.5, 0.6) is 11.8 Å². The average molecular weight is 378 g/mol. The molecule has 3 rings (SSSR count). The fourth-order valence-corrected chi connectivity index (χ4v) is 3.11. The summed E-state index contributed by atoms with van der Waals surface area (Å²) in [5, 5.41) is 10.9. The maximum absolute atomic E-state index is 12.2. The second-order valence-corrected chi connectivity index (χ2v) is 6.77. The monoisotopic (exact) mass is 378 g/mol. The number of benzene rings is 1. The van der Waals surface area contributed by atoms with Crippen molar-refractivity contribution in [1.29, 1.82) is 5.26 Å². The number of nitrogens with one attached hydrogen (secondary N) is 1. The number of hydrogen-bond acceptors (Lipinski definition) is 6. The lowest BCUT2D eigenvalue weighted by Crippen LogP contribution is -2.24. The summed E-state index contributed by atoms with van der Waals surface area (Å²) < 4.78 is 10.4. The number of nitriles is 1. The molecule has 144 valence electrons. The van der Waals surface area contributed by atoms with Gasteiger partial charge in [0.1, 0.15) is 5.82 Å². The van der Waals surface area contributed by atoms with Crippen LogP contribution in [0.1, 0.15) is 30.8 Å². The van der Waals surface area contributed by atoms with Gasteiger partial charge in [-0.1, -0.05) is 19.1 Å². The SMILES string of the molecule is CCc1cc2ccc([C@@](C)(C#N)Cc3nc(OC)cc(OC)n3)cc2[nH]c1=O. The molecular weight excluding hydrogens is 356 g/mol. The minimum Gasteiger partial charge on any atom is -0.481 e. The molecule has 0 aliphatic carbocycles. The highest BCUT2D eigenvalue weighted by Gasteiger charge is 2.29. The molecule has 0 aliphatic rings. The topological polar surface area (TPSA) is 101 Å². The maximum atomic E-state index is 12.2. The van der Waals surface area contributed by atoms with Crippen molar-refractivity contribution in [3.8, 4) is 17.8 Å². The van der Waals surface area contributed by atoms with Gasteiger partial charge in [-0.25, -0.2) is 0 Å². The zero-order chi connectivity index (χ0) is 20.3. The molecule has 2 heterocycles. The first-order chi connectivity index (χ1) is 13.4. The highest BCUT2D eigenvalue weighted by molar-refractivity contribution is 5.80. The number of hydrogen-bond donors (Lipinski definition) is 1. The summed E-state index contributed by atoms with van der Waals surface area (Å²) in [7, 11) is 3.03. The van der Waals surface area contributed by atoms with Gasteiger partial charge in [-0.3, -0.25) is 4.79 Å². The summed E-state index contributed by atoms with van der Waals surface area (Å²) in [5.74, 6) is 1.18. The van der Waals surface area contributed by atoms with Gasteiger partial charge < -0.3 is 14.5 Å². The Morgan fingerprint density at radius 3 is 2.39 bits per heavy atom. The zero-order valence-corrected chi connectivity index (χ0v) is 16.4. The van der Waals surface area contributed by atoms with Crippen molar-refractivity contribution in [3.63, 3.8) is 0 Å². The molecule has 0 aliphatic heterocycles. The van der Waals surface area contributed by atoms with E-state index in [1.165, 1.54) is 14.2 Å². The summed E-state index contributed by atoms with van der Waals surface area (Å²) >= 11 is 0.